The van der Waals surface area contributed by atoms with Crippen LogP contribution in [-0.4, -0.2) is 25.5 Å². The molecule has 2 N–H and O–H groups in total. The lowest BCUT2D eigenvalue weighted by molar-refractivity contribution is -0.123. The van der Waals surface area contributed by atoms with Crippen LogP contribution in [0.15, 0.2) is 0 Å². The molecule has 1 heterocycles. The van der Waals surface area contributed by atoms with Gasteiger partial charge >= 0.3 is 0 Å². The lowest BCUT2D eigenvalue weighted by Crippen LogP contribution is -2.47. The van der Waals surface area contributed by atoms with Gasteiger partial charge in [-0.05, 0) is 13.0 Å². The van der Waals surface area contributed by atoms with E-state index in [2.05, 4.69) is 17.6 Å². The Morgan fingerprint density at radius 3 is 2.90 bits per heavy atom. The standard InChI is InChI=1S/C7H14N2O/c1-5-4-9-7(10)3-6(5)8-2/h5-6,8H,3-4H2,1-2H3,(H,9,10)/t5-,6+/m0/s1. The van der Waals surface area contributed by atoms with E-state index >= 15 is 0 Å². The van der Waals surface area contributed by atoms with E-state index in [1.807, 2.05) is 7.05 Å². The van der Waals surface area contributed by atoms with Crippen LogP contribution in [-0.2, 0) is 4.79 Å². The number of carbonyl (C=O) groups is 1. The van der Waals surface area contributed by atoms with Crippen LogP contribution in [0.1, 0.15) is 13.3 Å². The summed E-state index contributed by atoms with van der Waals surface area (Å²) in [6.07, 6.45) is 0.623. The predicted octanol–water partition coefficient (Wildman–Crippen LogP) is -0.270. The highest BCUT2D eigenvalue weighted by Gasteiger charge is 2.23. The Balaban J connectivity index is 2.45. The van der Waals surface area contributed by atoms with Crippen LogP contribution in [0.3, 0.4) is 0 Å². The number of hydrogen-bond acceptors (Lipinski definition) is 2. The summed E-state index contributed by atoms with van der Waals surface area (Å²) < 4.78 is 0. The SMILES string of the molecule is CN[C@@H]1CC(=O)NC[C@@H]1C. The second-order valence-corrected chi connectivity index (χ2v) is 2.88. The van der Waals surface area contributed by atoms with Gasteiger partial charge in [0, 0.05) is 19.0 Å². The summed E-state index contributed by atoms with van der Waals surface area (Å²) in [6, 6.07) is 0.369. The number of hydrogen-bond donors (Lipinski definition) is 2. The molecule has 58 valence electrons. The van der Waals surface area contributed by atoms with Gasteiger partial charge in [0.25, 0.3) is 0 Å². The second-order valence-electron chi connectivity index (χ2n) is 2.88. The average molecular weight is 142 g/mol. The monoisotopic (exact) mass is 142 g/mol. The van der Waals surface area contributed by atoms with Gasteiger partial charge in [-0.3, -0.25) is 4.79 Å². The summed E-state index contributed by atoms with van der Waals surface area (Å²) in [5, 5.41) is 5.94. The van der Waals surface area contributed by atoms with Crippen LogP contribution in [0.2, 0.25) is 0 Å². The molecule has 0 saturated carbocycles. The van der Waals surface area contributed by atoms with Gasteiger partial charge in [0.05, 0.1) is 0 Å². The van der Waals surface area contributed by atoms with Crippen molar-refractivity contribution >= 4 is 5.91 Å². The highest BCUT2D eigenvalue weighted by molar-refractivity contribution is 5.77. The first-order valence-corrected chi connectivity index (χ1v) is 3.68. The molecule has 1 fully saturated rings. The maximum atomic E-state index is 10.8. The van der Waals surface area contributed by atoms with E-state index in [0.717, 1.165) is 6.54 Å². The molecule has 0 spiro atoms. The van der Waals surface area contributed by atoms with Crippen molar-refractivity contribution in [3.05, 3.63) is 0 Å². The molecule has 0 aliphatic carbocycles. The van der Waals surface area contributed by atoms with Crippen LogP contribution in [0.4, 0.5) is 0 Å². The minimum absolute atomic E-state index is 0.164. The third-order valence-electron chi connectivity index (χ3n) is 2.08. The van der Waals surface area contributed by atoms with Gasteiger partial charge in [0.15, 0.2) is 0 Å². The Hall–Kier alpha value is -0.570. The quantitative estimate of drug-likeness (QED) is 0.529. The van der Waals surface area contributed by atoms with E-state index in [9.17, 15) is 4.79 Å². The van der Waals surface area contributed by atoms with E-state index in [0.29, 0.717) is 18.4 Å². The third kappa shape index (κ3) is 1.48. The normalized spacial score (nSPS) is 33.6. The van der Waals surface area contributed by atoms with E-state index in [1.54, 1.807) is 0 Å². The molecule has 0 aromatic carbocycles. The second kappa shape index (κ2) is 3.01. The molecular weight excluding hydrogens is 128 g/mol. The summed E-state index contributed by atoms with van der Waals surface area (Å²) in [6.45, 7) is 2.95. The molecule has 10 heavy (non-hydrogen) atoms. The van der Waals surface area contributed by atoms with Crippen LogP contribution < -0.4 is 10.6 Å². The van der Waals surface area contributed by atoms with E-state index in [4.69, 9.17) is 0 Å². The minimum atomic E-state index is 0.164. The number of piperidine rings is 1. The lowest BCUT2D eigenvalue weighted by atomic mass is 9.95. The van der Waals surface area contributed by atoms with E-state index < -0.39 is 0 Å². The van der Waals surface area contributed by atoms with Gasteiger partial charge in [-0.25, -0.2) is 0 Å². The molecule has 0 aromatic rings. The summed E-state index contributed by atoms with van der Waals surface area (Å²) in [5.41, 5.74) is 0. The van der Waals surface area contributed by atoms with Crippen molar-refractivity contribution in [1.82, 2.24) is 10.6 Å². The fraction of sp³-hybridized carbons (Fsp3) is 0.857. The molecule has 0 aromatic heterocycles. The van der Waals surface area contributed by atoms with Crippen molar-refractivity contribution in [3.63, 3.8) is 0 Å². The molecule has 3 heteroatoms. The van der Waals surface area contributed by atoms with Crippen LogP contribution >= 0.6 is 0 Å². The first-order valence-electron chi connectivity index (χ1n) is 3.68. The van der Waals surface area contributed by atoms with Crippen molar-refractivity contribution in [2.75, 3.05) is 13.6 Å². The van der Waals surface area contributed by atoms with Gasteiger partial charge in [0.2, 0.25) is 5.91 Å². The van der Waals surface area contributed by atoms with Crippen molar-refractivity contribution < 1.29 is 4.79 Å². The molecule has 1 amide bonds. The predicted molar refractivity (Wildman–Crippen MR) is 39.6 cm³/mol. The van der Waals surface area contributed by atoms with Crippen molar-refractivity contribution in [3.8, 4) is 0 Å². The molecule has 0 radical (unpaired) electrons. The third-order valence-corrected chi connectivity index (χ3v) is 2.08. The zero-order valence-electron chi connectivity index (χ0n) is 6.48. The largest absolute Gasteiger partial charge is 0.356 e. The number of amides is 1. The fourth-order valence-corrected chi connectivity index (χ4v) is 1.28. The lowest BCUT2D eigenvalue weighted by Gasteiger charge is -2.28. The summed E-state index contributed by atoms with van der Waals surface area (Å²) >= 11 is 0. The van der Waals surface area contributed by atoms with Crippen LogP contribution in [0.5, 0.6) is 0 Å². The summed E-state index contributed by atoms with van der Waals surface area (Å²) in [7, 11) is 1.90. The zero-order chi connectivity index (χ0) is 7.56. The zero-order valence-corrected chi connectivity index (χ0v) is 6.48. The Kier molecular flexibility index (Phi) is 2.27. The maximum absolute atomic E-state index is 10.8. The van der Waals surface area contributed by atoms with Gasteiger partial charge in [-0.1, -0.05) is 6.92 Å². The average Bonchev–Trinajstić information content (AvgIpc) is 1.94. The first-order chi connectivity index (χ1) is 4.74. The van der Waals surface area contributed by atoms with Crippen molar-refractivity contribution in [2.45, 2.75) is 19.4 Å². The molecule has 1 aliphatic rings. The molecule has 3 nitrogen and oxygen atoms in total. The van der Waals surface area contributed by atoms with Gasteiger partial charge in [-0.15, -0.1) is 0 Å². The first kappa shape index (κ1) is 7.54. The fourth-order valence-electron chi connectivity index (χ4n) is 1.28. The molecule has 1 rings (SSSR count). The van der Waals surface area contributed by atoms with Crippen LogP contribution in [0.25, 0.3) is 0 Å². The highest BCUT2D eigenvalue weighted by atomic mass is 16.1. The summed E-state index contributed by atoms with van der Waals surface area (Å²) in [5.74, 6) is 0.722. The number of rotatable bonds is 1. The van der Waals surface area contributed by atoms with E-state index in [-0.39, 0.29) is 5.91 Å². The van der Waals surface area contributed by atoms with Crippen molar-refractivity contribution in [1.29, 1.82) is 0 Å². The van der Waals surface area contributed by atoms with Gasteiger partial charge < -0.3 is 10.6 Å². The Bertz CT molecular complexity index is 136. The minimum Gasteiger partial charge on any atom is -0.356 e. The highest BCUT2D eigenvalue weighted by Crippen LogP contribution is 2.09. The van der Waals surface area contributed by atoms with Gasteiger partial charge in [-0.2, -0.15) is 0 Å². The molecule has 1 saturated heterocycles. The number of carbonyl (C=O) groups excluding carboxylic acids is 1. The topological polar surface area (TPSA) is 41.1 Å². The smallest absolute Gasteiger partial charge is 0.221 e. The molecule has 1 aliphatic heterocycles. The molecule has 2 atom stereocenters. The van der Waals surface area contributed by atoms with Gasteiger partial charge in [0.1, 0.15) is 0 Å². The Labute approximate surface area is 61.2 Å². The van der Waals surface area contributed by atoms with E-state index in [1.165, 1.54) is 0 Å². The molecule has 0 bridgehead atoms. The Morgan fingerprint density at radius 2 is 2.40 bits per heavy atom. The maximum Gasteiger partial charge on any atom is 0.221 e. The van der Waals surface area contributed by atoms with Crippen LogP contribution in [0, 0.1) is 5.92 Å². The van der Waals surface area contributed by atoms with Crippen molar-refractivity contribution in [2.24, 2.45) is 5.92 Å². The summed E-state index contributed by atoms with van der Waals surface area (Å²) in [4.78, 5) is 10.8. The Morgan fingerprint density at radius 1 is 1.70 bits per heavy atom. The molecule has 0 unspecified atom stereocenters. The number of nitrogens with one attached hydrogen (secondary N) is 2. The molecular formula is C7H14N2O.